The first kappa shape index (κ1) is 22.3. The van der Waals surface area contributed by atoms with Crippen molar-refractivity contribution in [2.45, 2.75) is 27.0 Å². The Labute approximate surface area is 199 Å². The third kappa shape index (κ3) is 4.87. The summed E-state index contributed by atoms with van der Waals surface area (Å²) in [6.45, 7) is 9.24. The molecule has 0 radical (unpaired) electrons. The van der Waals surface area contributed by atoms with Crippen molar-refractivity contribution in [2.75, 3.05) is 39.4 Å². The van der Waals surface area contributed by atoms with Crippen molar-refractivity contribution in [2.24, 2.45) is 0 Å². The van der Waals surface area contributed by atoms with E-state index in [1.165, 1.54) is 5.56 Å². The lowest BCUT2D eigenvalue weighted by molar-refractivity contribution is 0.0628. The Bertz CT molecular complexity index is 1130. The minimum atomic E-state index is 0.0521. The van der Waals surface area contributed by atoms with Gasteiger partial charge in [0.2, 0.25) is 0 Å². The van der Waals surface area contributed by atoms with Gasteiger partial charge in [0.05, 0.1) is 11.3 Å². The molecular formula is C26H29N3O5. The van der Waals surface area contributed by atoms with Gasteiger partial charge in [-0.1, -0.05) is 11.2 Å². The maximum absolute atomic E-state index is 13.0. The van der Waals surface area contributed by atoms with Gasteiger partial charge in [-0.05, 0) is 55.8 Å². The van der Waals surface area contributed by atoms with Crippen LogP contribution in [-0.4, -0.2) is 60.3 Å². The Hall–Kier alpha value is -3.52. The van der Waals surface area contributed by atoms with E-state index in [2.05, 4.69) is 22.2 Å². The van der Waals surface area contributed by atoms with Crippen LogP contribution in [-0.2, 0) is 13.2 Å². The number of hydrogen-bond donors (Lipinski definition) is 0. The number of benzene rings is 2. The molecule has 2 aliphatic rings. The van der Waals surface area contributed by atoms with E-state index < -0.39 is 0 Å². The fourth-order valence-electron chi connectivity index (χ4n) is 4.29. The quantitative estimate of drug-likeness (QED) is 0.553. The second kappa shape index (κ2) is 9.77. The van der Waals surface area contributed by atoms with Crippen molar-refractivity contribution in [3.05, 3.63) is 70.6 Å². The van der Waals surface area contributed by atoms with Gasteiger partial charge in [-0.15, -0.1) is 0 Å². The van der Waals surface area contributed by atoms with Crippen LogP contribution in [0.3, 0.4) is 0 Å². The second-order valence-electron chi connectivity index (χ2n) is 8.66. The molecule has 8 nitrogen and oxygen atoms in total. The number of rotatable bonds is 6. The van der Waals surface area contributed by atoms with Gasteiger partial charge in [-0.2, -0.15) is 0 Å². The molecule has 0 spiro atoms. The number of amides is 1. The maximum atomic E-state index is 13.0. The molecule has 0 N–H and O–H groups in total. The lowest BCUT2D eigenvalue weighted by atomic mass is 10.1. The molecule has 8 heteroatoms. The Morgan fingerprint density at radius 1 is 0.971 bits per heavy atom. The molecular weight excluding hydrogens is 434 g/mol. The summed E-state index contributed by atoms with van der Waals surface area (Å²) in [5.74, 6) is 3.15. The summed E-state index contributed by atoms with van der Waals surface area (Å²) in [7, 11) is 0. The fourth-order valence-corrected chi connectivity index (χ4v) is 4.29. The first-order chi connectivity index (χ1) is 16.6. The molecule has 34 heavy (non-hydrogen) atoms. The highest BCUT2D eigenvalue weighted by Crippen LogP contribution is 2.31. The first-order valence-corrected chi connectivity index (χ1v) is 11.6. The van der Waals surface area contributed by atoms with E-state index in [1.54, 1.807) is 0 Å². The van der Waals surface area contributed by atoms with Crippen LogP contribution >= 0.6 is 0 Å². The summed E-state index contributed by atoms with van der Waals surface area (Å²) in [5.41, 5.74) is 3.65. The molecule has 0 saturated carbocycles. The maximum Gasteiger partial charge on any atom is 0.253 e. The average Bonchev–Trinajstić information content (AvgIpc) is 3.20. The predicted molar refractivity (Wildman–Crippen MR) is 125 cm³/mol. The van der Waals surface area contributed by atoms with E-state index in [4.69, 9.17) is 18.7 Å². The largest absolute Gasteiger partial charge is 0.489 e. The summed E-state index contributed by atoms with van der Waals surface area (Å²) in [5, 5.41) is 3.94. The standard InChI is InChI=1S/C26H29N3O5/c1-18-23(19(2)34-27-18)17-33-22-6-4-21(5-7-22)26(30)29-11-9-28(10-12-29)16-20-3-8-24-25(15-20)32-14-13-31-24/h3-8,15H,9-14,16-17H2,1-2H3. The zero-order chi connectivity index (χ0) is 23.5. The number of piperazine rings is 1. The fraction of sp³-hybridized carbons (Fsp3) is 0.385. The van der Waals surface area contributed by atoms with Crippen LogP contribution in [0, 0.1) is 13.8 Å². The van der Waals surface area contributed by atoms with Crippen molar-refractivity contribution in [1.29, 1.82) is 0 Å². The molecule has 2 aromatic carbocycles. The molecule has 2 aliphatic heterocycles. The molecule has 3 aromatic rings. The molecule has 5 rings (SSSR count). The molecule has 1 fully saturated rings. The van der Waals surface area contributed by atoms with E-state index in [0.29, 0.717) is 44.2 Å². The molecule has 1 amide bonds. The van der Waals surface area contributed by atoms with Gasteiger partial charge >= 0.3 is 0 Å². The van der Waals surface area contributed by atoms with E-state index in [1.807, 2.05) is 49.1 Å². The minimum Gasteiger partial charge on any atom is -0.489 e. The molecule has 1 saturated heterocycles. The molecule has 178 valence electrons. The summed E-state index contributed by atoms with van der Waals surface area (Å²) in [6, 6.07) is 13.4. The third-order valence-electron chi connectivity index (χ3n) is 6.34. The van der Waals surface area contributed by atoms with Crippen LogP contribution in [0.15, 0.2) is 47.0 Å². The van der Waals surface area contributed by atoms with Crippen LogP contribution in [0.5, 0.6) is 17.2 Å². The van der Waals surface area contributed by atoms with Crippen LogP contribution < -0.4 is 14.2 Å². The smallest absolute Gasteiger partial charge is 0.253 e. The number of carbonyl (C=O) groups is 1. The zero-order valence-corrected chi connectivity index (χ0v) is 19.6. The Balaban J connectivity index is 1.12. The summed E-state index contributed by atoms with van der Waals surface area (Å²) < 4.78 is 22.3. The van der Waals surface area contributed by atoms with E-state index in [0.717, 1.165) is 48.2 Å². The molecule has 0 unspecified atom stereocenters. The Kier molecular flexibility index (Phi) is 6.40. The predicted octanol–water partition coefficient (Wildman–Crippen LogP) is 3.60. The number of hydrogen-bond acceptors (Lipinski definition) is 7. The van der Waals surface area contributed by atoms with E-state index >= 15 is 0 Å². The monoisotopic (exact) mass is 463 g/mol. The Morgan fingerprint density at radius 2 is 1.71 bits per heavy atom. The molecule has 1 aromatic heterocycles. The highest BCUT2D eigenvalue weighted by molar-refractivity contribution is 5.94. The van der Waals surface area contributed by atoms with Crippen LogP contribution in [0.25, 0.3) is 0 Å². The highest BCUT2D eigenvalue weighted by atomic mass is 16.6. The molecule has 3 heterocycles. The van der Waals surface area contributed by atoms with Gasteiger partial charge in [0.25, 0.3) is 5.91 Å². The van der Waals surface area contributed by atoms with Gasteiger partial charge < -0.3 is 23.6 Å². The van der Waals surface area contributed by atoms with Gasteiger partial charge in [-0.25, -0.2) is 0 Å². The van der Waals surface area contributed by atoms with Gasteiger partial charge in [0, 0.05) is 38.3 Å². The number of aromatic nitrogens is 1. The number of fused-ring (bicyclic) bond motifs is 1. The summed E-state index contributed by atoms with van der Waals surface area (Å²) in [4.78, 5) is 17.3. The van der Waals surface area contributed by atoms with Crippen molar-refractivity contribution in [1.82, 2.24) is 15.0 Å². The van der Waals surface area contributed by atoms with Crippen molar-refractivity contribution in [3.63, 3.8) is 0 Å². The second-order valence-corrected chi connectivity index (χ2v) is 8.66. The van der Waals surface area contributed by atoms with Crippen molar-refractivity contribution in [3.8, 4) is 17.2 Å². The van der Waals surface area contributed by atoms with Crippen molar-refractivity contribution >= 4 is 5.91 Å². The van der Waals surface area contributed by atoms with Gasteiger partial charge in [0.15, 0.2) is 11.5 Å². The summed E-state index contributed by atoms with van der Waals surface area (Å²) in [6.07, 6.45) is 0. The van der Waals surface area contributed by atoms with Crippen LogP contribution in [0.2, 0.25) is 0 Å². The van der Waals surface area contributed by atoms with E-state index in [-0.39, 0.29) is 5.91 Å². The SMILES string of the molecule is Cc1noc(C)c1COc1ccc(C(=O)N2CCN(Cc3ccc4c(c3)OCCO4)CC2)cc1. The summed E-state index contributed by atoms with van der Waals surface area (Å²) >= 11 is 0. The number of ether oxygens (including phenoxy) is 3. The zero-order valence-electron chi connectivity index (χ0n) is 19.6. The average molecular weight is 464 g/mol. The van der Waals surface area contributed by atoms with Gasteiger partial charge in [0.1, 0.15) is 31.3 Å². The normalized spacial score (nSPS) is 15.9. The number of nitrogens with zero attached hydrogens (tertiary/aromatic N) is 3. The molecule has 0 atom stereocenters. The number of aryl methyl sites for hydroxylation is 2. The first-order valence-electron chi connectivity index (χ1n) is 11.6. The minimum absolute atomic E-state index is 0.0521. The molecule has 0 aliphatic carbocycles. The highest BCUT2D eigenvalue weighted by Gasteiger charge is 2.23. The van der Waals surface area contributed by atoms with Crippen LogP contribution in [0.4, 0.5) is 0 Å². The molecule has 0 bridgehead atoms. The topological polar surface area (TPSA) is 77.3 Å². The lowest BCUT2D eigenvalue weighted by Gasteiger charge is -2.35. The van der Waals surface area contributed by atoms with Gasteiger partial charge in [-0.3, -0.25) is 9.69 Å². The van der Waals surface area contributed by atoms with Crippen LogP contribution in [0.1, 0.15) is 32.9 Å². The van der Waals surface area contributed by atoms with Crippen molar-refractivity contribution < 1.29 is 23.5 Å². The van der Waals surface area contributed by atoms with E-state index in [9.17, 15) is 4.79 Å². The third-order valence-corrected chi connectivity index (χ3v) is 6.34. The number of carbonyl (C=O) groups excluding carboxylic acids is 1. The Morgan fingerprint density at radius 3 is 2.41 bits per heavy atom. The lowest BCUT2D eigenvalue weighted by Crippen LogP contribution is -2.48.